The predicted octanol–water partition coefficient (Wildman–Crippen LogP) is 2.36. The standard InChI is InChI=1S/C15H22F3N3O3/c1-4-5-6-12(14(23)24)19-13(22)7-11-9(2)20-21(10(11)3)8-15(16,17)18/h12H,4-8H2,1-3H3,(H,19,22)(H,23,24)/t12-/m0/s1. The van der Waals surface area contributed by atoms with Crippen LogP contribution in [0.5, 0.6) is 0 Å². The summed E-state index contributed by atoms with van der Waals surface area (Å²) >= 11 is 0. The zero-order valence-corrected chi connectivity index (χ0v) is 13.9. The molecule has 136 valence electrons. The number of aryl methyl sites for hydroxylation is 1. The number of alkyl halides is 3. The number of carboxylic acids is 1. The number of carboxylic acid groups (broad SMARTS) is 1. The maximum atomic E-state index is 12.5. The van der Waals surface area contributed by atoms with Crippen LogP contribution in [-0.2, 0) is 22.6 Å². The third-order valence-corrected chi connectivity index (χ3v) is 3.68. The number of aliphatic carboxylic acids is 1. The van der Waals surface area contributed by atoms with Crippen molar-refractivity contribution < 1.29 is 27.9 Å². The Kier molecular flexibility index (Phi) is 6.80. The Morgan fingerprint density at radius 2 is 1.96 bits per heavy atom. The van der Waals surface area contributed by atoms with Gasteiger partial charge in [0.25, 0.3) is 0 Å². The normalized spacial score (nSPS) is 12.9. The van der Waals surface area contributed by atoms with Crippen LogP contribution < -0.4 is 5.32 Å². The third-order valence-electron chi connectivity index (χ3n) is 3.68. The lowest BCUT2D eigenvalue weighted by Crippen LogP contribution is -2.41. The van der Waals surface area contributed by atoms with Crippen LogP contribution >= 0.6 is 0 Å². The molecule has 0 aromatic carbocycles. The summed E-state index contributed by atoms with van der Waals surface area (Å²) in [7, 11) is 0. The molecule has 0 saturated heterocycles. The summed E-state index contributed by atoms with van der Waals surface area (Å²) in [5, 5.41) is 15.3. The highest BCUT2D eigenvalue weighted by Gasteiger charge is 2.30. The molecule has 0 bridgehead atoms. The van der Waals surface area contributed by atoms with Gasteiger partial charge in [-0.3, -0.25) is 9.48 Å². The van der Waals surface area contributed by atoms with Crippen molar-refractivity contribution >= 4 is 11.9 Å². The Labute approximate surface area is 138 Å². The van der Waals surface area contributed by atoms with Crippen molar-refractivity contribution in [2.24, 2.45) is 0 Å². The highest BCUT2D eigenvalue weighted by atomic mass is 19.4. The van der Waals surface area contributed by atoms with Gasteiger partial charge in [-0.2, -0.15) is 18.3 Å². The lowest BCUT2D eigenvalue weighted by Gasteiger charge is -2.14. The van der Waals surface area contributed by atoms with Gasteiger partial charge in [0.05, 0.1) is 12.1 Å². The van der Waals surface area contributed by atoms with Crippen LogP contribution in [-0.4, -0.2) is 39.0 Å². The number of halogens is 3. The number of hydrogen-bond donors (Lipinski definition) is 2. The molecule has 1 atom stereocenters. The van der Waals surface area contributed by atoms with Gasteiger partial charge in [0.2, 0.25) is 5.91 Å². The second-order valence-corrected chi connectivity index (χ2v) is 5.70. The number of hydrogen-bond acceptors (Lipinski definition) is 3. The summed E-state index contributed by atoms with van der Waals surface area (Å²) in [6.45, 7) is 3.66. The minimum Gasteiger partial charge on any atom is -0.480 e. The fourth-order valence-electron chi connectivity index (χ4n) is 2.39. The monoisotopic (exact) mass is 349 g/mol. The van der Waals surface area contributed by atoms with Gasteiger partial charge in [0.15, 0.2) is 0 Å². The molecule has 24 heavy (non-hydrogen) atoms. The minimum atomic E-state index is -4.41. The molecule has 1 heterocycles. The molecule has 9 heteroatoms. The van der Waals surface area contributed by atoms with Crippen LogP contribution in [0.2, 0.25) is 0 Å². The first-order valence-electron chi connectivity index (χ1n) is 7.67. The number of nitrogens with zero attached hydrogens (tertiary/aromatic N) is 2. The molecular weight excluding hydrogens is 327 g/mol. The van der Waals surface area contributed by atoms with Gasteiger partial charge in [-0.15, -0.1) is 0 Å². The zero-order valence-electron chi connectivity index (χ0n) is 13.9. The van der Waals surface area contributed by atoms with Crippen LogP contribution in [0.25, 0.3) is 0 Å². The van der Waals surface area contributed by atoms with E-state index in [4.69, 9.17) is 5.11 Å². The molecule has 0 aliphatic rings. The van der Waals surface area contributed by atoms with Gasteiger partial charge in [-0.25, -0.2) is 4.79 Å². The topological polar surface area (TPSA) is 84.2 Å². The number of amides is 1. The van der Waals surface area contributed by atoms with Crippen LogP contribution in [0.4, 0.5) is 13.2 Å². The molecule has 0 unspecified atom stereocenters. The molecule has 1 aromatic rings. The van der Waals surface area contributed by atoms with E-state index in [1.807, 2.05) is 6.92 Å². The maximum Gasteiger partial charge on any atom is 0.408 e. The van der Waals surface area contributed by atoms with Crippen molar-refractivity contribution in [3.05, 3.63) is 17.0 Å². The number of aromatic nitrogens is 2. The van der Waals surface area contributed by atoms with E-state index in [0.717, 1.165) is 11.1 Å². The fourth-order valence-corrected chi connectivity index (χ4v) is 2.39. The summed E-state index contributed by atoms with van der Waals surface area (Å²) in [4.78, 5) is 23.2. The van der Waals surface area contributed by atoms with E-state index in [0.29, 0.717) is 24.1 Å². The Morgan fingerprint density at radius 3 is 2.46 bits per heavy atom. The van der Waals surface area contributed by atoms with Crippen LogP contribution in [0, 0.1) is 13.8 Å². The van der Waals surface area contributed by atoms with Gasteiger partial charge >= 0.3 is 12.1 Å². The maximum absolute atomic E-state index is 12.5. The van der Waals surface area contributed by atoms with Crippen LogP contribution in [0.1, 0.15) is 43.1 Å². The quantitative estimate of drug-likeness (QED) is 0.755. The van der Waals surface area contributed by atoms with E-state index >= 15 is 0 Å². The number of unbranched alkanes of at least 4 members (excludes halogenated alkanes) is 1. The van der Waals surface area contributed by atoms with E-state index in [-0.39, 0.29) is 12.1 Å². The molecular formula is C15H22F3N3O3. The Balaban J connectivity index is 2.81. The summed E-state index contributed by atoms with van der Waals surface area (Å²) in [5.74, 6) is -1.67. The summed E-state index contributed by atoms with van der Waals surface area (Å²) in [6.07, 6.45) is -2.85. The van der Waals surface area contributed by atoms with Crippen molar-refractivity contribution in [3.63, 3.8) is 0 Å². The molecule has 0 aliphatic heterocycles. The summed E-state index contributed by atoms with van der Waals surface area (Å²) in [6, 6.07) is -0.997. The van der Waals surface area contributed by atoms with E-state index < -0.39 is 30.6 Å². The molecule has 0 aliphatic carbocycles. The average Bonchev–Trinajstić information content (AvgIpc) is 2.68. The molecule has 1 aromatic heterocycles. The van der Waals surface area contributed by atoms with Crippen molar-refractivity contribution in [3.8, 4) is 0 Å². The van der Waals surface area contributed by atoms with Gasteiger partial charge in [0.1, 0.15) is 12.6 Å². The Hall–Kier alpha value is -2.06. The molecule has 2 N–H and O–H groups in total. The summed E-state index contributed by atoms with van der Waals surface area (Å²) in [5.41, 5.74) is 0.962. The first kappa shape index (κ1) is 20.0. The van der Waals surface area contributed by atoms with Gasteiger partial charge in [0, 0.05) is 11.3 Å². The SMILES string of the molecule is CCCC[C@H](NC(=O)Cc1c(C)nn(CC(F)(F)F)c1C)C(=O)O. The minimum absolute atomic E-state index is 0.203. The first-order valence-corrected chi connectivity index (χ1v) is 7.67. The number of rotatable bonds is 8. The third kappa shape index (κ3) is 5.86. The Morgan fingerprint density at radius 1 is 1.33 bits per heavy atom. The predicted molar refractivity (Wildman–Crippen MR) is 80.6 cm³/mol. The number of carbonyl (C=O) groups excluding carboxylic acids is 1. The van der Waals surface area contributed by atoms with Crippen LogP contribution in [0.3, 0.4) is 0 Å². The molecule has 0 saturated carbocycles. The molecule has 1 rings (SSSR count). The second kappa shape index (κ2) is 8.16. The fraction of sp³-hybridized carbons (Fsp3) is 0.667. The number of carbonyl (C=O) groups is 2. The first-order chi connectivity index (χ1) is 11.0. The largest absolute Gasteiger partial charge is 0.480 e. The van der Waals surface area contributed by atoms with Gasteiger partial charge < -0.3 is 10.4 Å². The number of nitrogens with one attached hydrogen (secondary N) is 1. The molecule has 6 nitrogen and oxygen atoms in total. The average molecular weight is 349 g/mol. The molecule has 1 amide bonds. The van der Waals surface area contributed by atoms with Crippen molar-refractivity contribution in [1.29, 1.82) is 0 Å². The summed E-state index contributed by atoms with van der Waals surface area (Å²) < 4.78 is 38.3. The van der Waals surface area contributed by atoms with Crippen molar-refractivity contribution in [1.82, 2.24) is 15.1 Å². The van der Waals surface area contributed by atoms with Gasteiger partial charge in [-0.05, 0) is 20.3 Å². The molecule has 0 radical (unpaired) electrons. The van der Waals surface area contributed by atoms with E-state index in [2.05, 4.69) is 10.4 Å². The highest BCUT2D eigenvalue weighted by Crippen LogP contribution is 2.21. The molecule has 0 spiro atoms. The highest BCUT2D eigenvalue weighted by molar-refractivity contribution is 5.85. The molecule has 0 fully saturated rings. The van der Waals surface area contributed by atoms with E-state index in [1.165, 1.54) is 13.8 Å². The lowest BCUT2D eigenvalue weighted by atomic mass is 10.1. The van der Waals surface area contributed by atoms with Crippen molar-refractivity contribution in [2.45, 2.75) is 65.2 Å². The zero-order chi connectivity index (χ0) is 18.5. The van der Waals surface area contributed by atoms with E-state index in [1.54, 1.807) is 0 Å². The second-order valence-electron chi connectivity index (χ2n) is 5.70. The lowest BCUT2D eigenvalue weighted by molar-refractivity contribution is -0.143. The van der Waals surface area contributed by atoms with Gasteiger partial charge in [-0.1, -0.05) is 19.8 Å². The smallest absolute Gasteiger partial charge is 0.408 e. The van der Waals surface area contributed by atoms with Crippen molar-refractivity contribution in [2.75, 3.05) is 0 Å². The van der Waals surface area contributed by atoms with Crippen LogP contribution in [0.15, 0.2) is 0 Å². The Bertz CT molecular complexity index is 597. The van der Waals surface area contributed by atoms with E-state index in [9.17, 15) is 22.8 Å².